The summed E-state index contributed by atoms with van der Waals surface area (Å²) < 4.78 is 5.00. The van der Waals surface area contributed by atoms with Crippen molar-refractivity contribution in [2.75, 3.05) is 19.8 Å². The molecule has 0 aromatic heterocycles. The summed E-state index contributed by atoms with van der Waals surface area (Å²) in [6.07, 6.45) is 0.354. The fourth-order valence-electron chi connectivity index (χ4n) is 0.592. The Labute approximate surface area is 53.1 Å². The predicted octanol–water partition coefficient (Wildman–Crippen LogP) is -0.895. The van der Waals surface area contributed by atoms with Crippen molar-refractivity contribution in [3.63, 3.8) is 0 Å². The summed E-state index contributed by atoms with van der Waals surface area (Å²) in [7, 11) is 0. The van der Waals surface area contributed by atoms with E-state index in [2.05, 4.69) is 5.48 Å². The fraction of sp³-hybridized carbons (Fsp3) is 0.800. The minimum absolute atomic E-state index is 0.309. The van der Waals surface area contributed by atoms with Crippen molar-refractivity contribution >= 4 is 6.29 Å². The zero-order valence-corrected chi connectivity index (χ0v) is 5.00. The van der Waals surface area contributed by atoms with Crippen LogP contribution < -0.4 is 5.48 Å². The van der Waals surface area contributed by atoms with Crippen molar-refractivity contribution in [3.05, 3.63) is 0 Å². The number of hydrogen-bond acceptors (Lipinski definition) is 4. The van der Waals surface area contributed by atoms with Gasteiger partial charge in [0.25, 0.3) is 0 Å². The minimum Gasteiger partial charge on any atom is -0.367 e. The predicted molar refractivity (Wildman–Crippen MR) is 29.8 cm³/mol. The van der Waals surface area contributed by atoms with E-state index in [9.17, 15) is 4.79 Å². The first-order valence-electron chi connectivity index (χ1n) is 2.85. The quantitative estimate of drug-likeness (QED) is 0.469. The molecule has 0 radical (unpaired) electrons. The van der Waals surface area contributed by atoms with Crippen LogP contribution in [-0.4, -0.2) is 32.1 Å². The van der Waals surface area contributed by atoms with E-state index >= 15 is 0 Å². The molecule has 1 fully saturated rings. The molecule has 52 valence electrons. The Kier molecular flexibility index (Phi) is 2.63. The Morgan fingerprint density at radius 1 is 1.67 bits per heavy atom. The lowest BCUT2D eigenvalue weighted by Crippen LogP contribution is -2.19. The summed E-state index contributed by atoms with van der Waals surface area (Å²) in [6.45, 7) is 1.48. The molecule has 1 atom stereocenters. The van der Waals surface area contributed by atoms with Gasteiger partial charge in [-0.3, -0.25) is 4.84 Å². The molecule has 1 heterocycles. The van der Waals surface area contributed by atoms with Crippen LogP contribution >= 0.6 is 0 Å². The summed E-state index contributed by atoms with van der Waals surface area (Å²) >= 11 is 0. The highest BCUT2D eigenvalue weighted by Gasteiger charge is 2.10. The molecular formula is C5H9NO3. The second kappa shape index (κ2) is 3.55. The Morgan fingerprint density at radius 3 is 3.33 bits per heavy atom. The summed E-state index contributed by atoms with van der Waals surface area (Å²) in [5.74, 6) is 0. The van der Waals surface area contributed by atoms with E-state index in [4.69, 9.17) is 9.57 Å². The maximum absolute atomic E-state index is 10.1. The molecule has 0 amide bonds. The third-order valence-corrected chi connectivity index (χ3v) is 1.04. The third kappa shape index (κ3) is 2.09. The van der Waals surface area contributed by atoms with Gasteiger partial charge in [-0.25, -0.2) is 5.48 Å². The van der Waals surface area contributed by atoms with Crippen molar-refractivity contribution < 1.29 is 14.4 Å². The van der Waals surface area contributed by atoms with Crippen LogP contribution in [0.2, 0.25) is 0 Å². The molecule has 1 rings (SSSR count). The topological polar surface area (TPSA) is 47.6 Å². The van der Waals surface area contributed by atoms with Crippen LogP contribution in [0.4, 0.5) is 0 Å². The van der Waals surface area contributed by atoms with Crippen LogP contribution in [0.15, 0.2) is 0 Å². The van der Waals surface area contributed by atoms with E-state index in [1.807, 2.05) is 0 Å². The smallest absolute Gasteiger partial charge is 0.151 e. The second-order valence-corrected chi connectivity index (χ2v) is 1.75. The van der Waals surface area contributed by atoms with E-state index in [1.165, 1.54) is 0 Å². The normalized spacial score (nSPS) is 29.1. The van der Waals surface area contributed by atoms with Gasteiger partial charge >= 0.3 is 0 Å². The molecule has 4 nitrogen and oxygen atoms in total. The highest BCUT2D eigenvalue weighted by Crippen LogP contribution is 1.91. The van der Waals surface area contributed by atoms with E-state index in [1.54, 1.807) is 0 Å². The maximum atomic E-state index is 10.1. The number of hydroxylamine groups is 1. The van der Waals surface area contributed by atoms with Gasteiger partial charge in [-0.05, 0) is 0 Å². The van der Waals surface area contributed by atoms with Crippen molar-refractivity contribution in [3.8, 4) is 0 Å². The average molecular weight is 131 g/mol. The van der Waals surface area contributed by atoms with E-state index in [0.717, 1.165) is 6.29 Å². The van der Waals surface area contributed by atoms with Crippen molar-refractivity contribution in [1.82, 2.24) is 5.48 Å². The van der Waals surface area contributed by atoms with Crippen LogP contribution in [0.3, 0.4) is 0 Å². The van der Waals surface area contributed by atoms with Gasteiger partial charge in [0.1, 0.15) is 12.7 Å². The first-order chi connectivity index (χ1) is 4.43. The molecule has 1 aliphatic rings. The van der Waals surface area contributed by atoms with Crippen LogP contribution in [-0.2, 0) is 14.4 Å². The molecular weight excluding hydrogens is 122 g/mol. The number of nitrogens with one attached hydrogen (secondary N) is 1. The standard InChI is InChI=1S/C5H9NO3/c7-3-5-4-9-6-1-2-8-5/h3,5-6H,1-2,4H2. The monoisotopic (exact) mass is 131 g/mol. The van der Waals surface area contributed by atoms with Gasteiger partial charge < -0.3 is 9.53 Å². The van der Waals surface area contributed by atoms with Gasteiger partial charge in [-0.1, -0.05) is 0 Å². The summed E-state index contributed by atoms with van der Waals surface area (Å²) in [6, 6.07) is 0. The maximum Gasteiger partial charge on any atom is 0.151 e. The molecule has 0 saturated carbocycles. The van der Waals surface area contributed by atoms with Gasteiger partial charge in [0, 0.05) is 6.54 Å². The highest BCUT2D eigenvalue weighted by molar-refractivity contribution is 5.56. The highest BCUT2D eigenvalue weighted by atomic mass is 16.7. The Bertz CT molecular complexity index is 88.2. The second-order valence-electron chi connectivity index (χ2n) is 1.75. The first-order valence-corrected chi connectivity index (χ1v) is 2.85. The lowest BCUT2D eigenvalue weighted by molar-refractivity contribution is -0.120. The number of carbonyl (C=O) groups excluding carboxylic acids is 1. The zero-order chi connectivity index (χ0) is 6.53. The molecule has 1 aliphatic heterocycles. The van der Waals surface area contributed by atoms with Gasteiger partial charge in [-0.2, -0.15) is 0 Å². The molecule has 0 bridgehead atoms. The van der Waals surface area contributed by atoms with Crippen molar-refractivity contribution in [2.45, 2.75) is 6.10 Å². The lowest BCUT2D eigenvalue weighted by Gasteiger charge is -2.02. The largest absolute Gasteiger partial charge is 0.367 e. The Morgan fingerprint density at radius 2 is 2.56 bits per heavy atom. The molecule has 9 heavy (non-hydrogen) atoms. The average Bonchev–Trinajstić information content (AvgIpc) is 2.13. The third-order valence-electron chi connectivity index (χ3n) is 1.04. The molecule has 1 saturated heterocycles. The van der Waals surface area contributed by atoms with Crippen LogP contribution in [0, 0.1) is 0 Å². The zero-order valence-electron chi connectivity index (χ0n) is 5.00. The Hall–Kier alpha value is -0.450. The first kappa shape index (κ1) is 6.67. The molecule has 0 spiro atoms. The van der Waals surface area contributed by atoms with Gasteiger partial charge in [0.05, 0.1) is 6.61 Å². The molecule has 1 unspecified atom stereocenters. The lowest BCUT2D eigenvalue weighted by atomic mass is 10.4. The molecule has 1 N–H and O–H groups in total. The summed E-state index contributed by atoms with van der Waals surface area (Å²) in [5, 5.41) is 0. The minimum atomic E-state index is -0.389. The van der Waals surface area contributed by atoms with E-state index in [0.29, 0.717) is 19.8 Å². The van der Waals surface area contributed by atoms with Crippen molar-refractivity contribution in [1.29, 1.82) is 0 Å². The number of carbonyl (C=O) groups is 1. The number of ether oxygens (including phenoxy) is 1. The molecule has 0 aliphatic carbocycles. The van der Waals surface area contributed by atoms with Gasteiger partial charge in [-0.15, -0.1) is 0 Å². The number of rotatable bonds is 1. The molecule has 0 aromatic rings. The fourth-order valence-corrected chi connectivity index (χ4v) is 0.592. The Balaban J connectivity index is 2.26. The molecule has 0 aromatic carbocycles. The summed E-state index contributed by atoms with van der Waals surface area (Å²) in [5.41, 5.74) is 2.63. The number of hydrogen-bond donors (Lipinski definition) is 1. The van der Waals surface area contributed by atoms with Crippen LogP contribution in [0.25, 0.3) is 0 Å². The SMILES string of the molecule is O=CC1CONCCO1. The van der Waals surface area contributed by atoms with Crippen LogP contribution in [0.5, 0.6) is 0 Å². The molecule has 4 heteroatoms. The van der Waals surface area contributed by atoms with E-state index < -0.39 is 0 Å². The van der Waals surface area contributed by atoms with E-state index in [-0.39, 0.29) is 6.10 Å². The van der Waals surface area contributed by atoms with Crippen LogP contribution in [0.1, 0.15) is 0 Å². The number of aldehydes is 1. The van der Waals surface area contributed by atoms with Crippen molar-refractivity contribution in [2.24, 2.45) is 0 Å². The summed E-state index contributed by atoms with van der Waals surface area (Å²) in [4.78, 5) is 14.9. The van der Waals surface area contributed by atoms with Gasteiger partial charge in [0.15, 0.2) is 6.29 Å². The van der Waals surface area contributed by atoms with Gasteiger partial charge in [0.2, 0.25) is 0 Å².